The number of benzene rings is 1. The van der Waals surface area contributed by atoms with E-state index in [2.05, 4.69) is 20.6 Å². The van der Waals surface area contributed by atoms with Gasteiger partial charge in [-0.1, -0.05) is 0 Å². The zero-order valence-corrected chi connectivity index (χ0v) is 21.5. The van der Waals surface area contributed by atoms with E-state index in [-0.39, 0.29) is 0 Å². The SMILES string of the molecule is CN(C=O)CCCN/C=C\N.COc1cc(N)c(C=N)cc1Nc1ncnc2sc3c(c12)CCCC3. The van der Waals surface area contributed by atoms with Crippen LogP contribution in [0, 0.1) is 5.41 Å². The summed E-state index contributed by atoms with van der Waals surface area (Å²) in [6, 6.07) is 3.54. The van der Waals surface area contributed by atoms with Crippen molar-refractivity contribution >= 4 is 51.4 Å². The summed E-state index contributed by atoms with van der Waals surface area (Å²) in [6.07, 6.45) is 12.3. The van der Waals surface area contributed by atoms with Gasteiger partial charge in [0.05, 0.1) is 18.2 Å². The Hall–Kier alpha value is -3.86. The highest BCUT2D eigenvalue weighted by Crippen LogP contribution is 2.40. The molecule has 3 aromatic rings. The first-order chi connectivity index (χ1) is 17.5. The molecule has 0 saturated heterocycles. The summed E-state index contributed by atoms with van der Waals surface area (Å²) in [5, 5.41) is 15.0. The number of rotatable bonds is 10. The second kappa shape index (κ2) is 13.3. The van der Waals surface area contributed by atoms with E-state index in [1.165, 1.54) is 35.7 Å². The van der Waals surface area contributed by atoms with Gasteiger partial charge >= 0.3 is 0 Å². The minimum absolute atomic E-state index is 0.512. The number of nitrogens with zero attached hydrogens (tertiary/aromatic N) is 3. The van der Waals surface area contributed by atoms with Gasteiger partial charge in [0.1, 0.15) is 22.7 Å². The van der Waals surface area contributed by atoms with Crippen LogP contribution in [-0.2, 0) is 17.6 Å². The number of hydrogen-bond donors (Lipinski definition) is 5. The highest BCUT2D eigenvalue weighted by molar-refractivity contribution is 7.19. The number of aryl methyl sites for hydroxylation is 2. The van der Waals surface area contributed by atoms with Gasteiger partial charge in [-0.25, -0.2) is 9.97 Å². The van der Waals surface area contributed by atoms with Crippen molar-refractivity contribution in [1.82, 2.24) is 20.2 Å². The lowest BCUT2D eigenvalue weighted by Crippen LogP contribution is -2.20. The lowest BCUT2D eigenvalue weighted by Gasteiger charge is -2.15. The van der Waals surface area contributed by atoms with Crippen LogP contribution in [0.4, 0.5) is 17.2 Å². The van der Waals surface area contributed by atoms with E-state index < -0.39 is 0 Å². The first kappa shape index (κ1) is 26.7. The van der Waals surface area contributed by atoms with Gasteiger partial charge < -0.3 is 37.1 Å². The minimum Gasteiger partial charge on any atom is -0.494 e. The summed E-state index contributed by atoms with van der Waals surface area (Å²) in [6.45, 7) is 1.61. The van der Waals surface area contributed by atoms with Gasteiger partial charge in [-0.05, 0) is 43.7 Å². The highest BCUT2D eigenvalue weighted by atomic mass is 32.1. The number of anilines is 3. The molecule has 0 fully saturated rings. The third kappa shape index (κ3) is 6.63. The van der Waals surface area contributed by atoms with Crippen molar-refractivity contribution in [2.24, 2.45) is 5.73 Å². The molecule has 0 aliphatic heterocycles. The van der Waals surface area contributed by atoms with Crippen LogP contribution in [0.15, 0.2) is 30.9 Å². The number of hydrogen-bond acceptors (Lipinski definition) is 10. The molecule has 0 spiro atoms. The first-order valence-electron chi connectivity index (χ1n) is 11.8. The molecule has 10 nitrogen and oxygen atoms in total. The minimum atomic E-state index is 0.512. The zero-order valence-electron chi connectivity index (χ0n) is 20.7. The van der Waals surface area contributed by atoms with Gasteiger partial charge in [0.15, 0.2) is 0 Å². The highest BCUT2D eigenvalue weighted by Gasteiger charge is 2.20. The molecule has 0 atom stereocenters. The van der Waals surface area contributed by atoms with E-state index >= 15 is 0 Å². The Kier molecular flexibility index (Phi) is 9.87. The Morgan fingerprint density at radius 1 is 1.28 bits per heavy atom. The van der Waals surface area contributed by atoms with Gasteiger partial charge in [-0.3, -0.25) is 4.79 Å². The lowest BCUT2D eigenvalue weighted by atomic mass is 9.97. The number of nitrogen functional groups attached to an aromatic ring is 1. The molecule has 0 radical (unpaired) electrons. The van der Waals surface area contributed by atoms with Gasteiger partial charge in [-0.15, -0.1) is 11.3 Å². The van der Waals surface area contributed by atoms with E-state index in [9.17, 15) is 4.79 Å². The molecular formula is C25H34N8O2S. The van der Waals surface area contributed by atoms with Crippen molar-refractivity contribution in [3.63, 3.8) is 0 Å². The molecule has 1 aliphatic rings. The Labute approximate surface area is 215 Å². The number of nitrogens with one attached hydrogen (secondary N) is 3. The summed E-state index contributed by atoms with van der Waals surface area (Å²) < 4.78 is 5.45. The number of carbonyl (C=O) groups is 1. The molecule has 36 heavy (non-hydrogen) atoms. The number of ether oxygens (including phenoxy) is 1. The van der Waals surface area contributed by atoms with E-state index in [1.54, 1.807) is 49.0 Å². The van der Waals surface area contributed by atoms with Crippen LogP contribution in [0.1, 0.15) is 35.3 Å². The predicted octanol–water partition coefficient (Wildman–Crippen LogP) is 3.39. The number of nitrogens with two attached hydrogens (primary N) is 2. The van der Waals surface area contributed by atoms with Crippen LogP contribution in [0.25, 0.3) is 10.2 Å². The maximum atomic E-state index is 10.1. The molecule has 11 heteroatoms. The number of carbonyl (C=O) groups excluding carboxylic acids is 1. The van der Waals surface area contributed by atoms with E-state index in [1.807, 2.05) is 6.07 Å². The van der Waals surface area contributed by atoms with Gasteiger partial charge in [0.25, 0.3) is 0 Å². The molecule has 0 bridgehead atoms. The van der Waals surface area contributed by atoms with Crippen LogP contribution in [0.5, 0.6) is 5.75 Å². The molecule has 1 amide bonds. The topological polar surface area (TPSA) is 155 Å². The van der Waals surface area contributed by atoms with Crippen molar-refractivity contribution in [2.75, 3.05) is 38.3 Å². The first-order valence-corrected chi connectivity index (χ1v) is 12.6. The Balaban J connectivity index is 0.000000280. The average molecular weight is 511 g/mol. The molecule has 2 heterocycles. The summed E-state index contributed by atoms with van der Waals surface area (Å²) in [7, 11) is 3.36. The van der Waals surface area contributed by atoms with Crippen molar-refractivity contribution in [2.45, 2.75) is 32.1 Å². The Morgan fingerprint density at radius 2 is 2.08 bits per heavy atom. The van der Waals surface area contributed by atoms with Crippen LogP contribution in [0.3, 0.4) is 0 Å². The maximum absolute atomic E-state index is 10.1. The molecule has 0 saturated carbocycles. The standard InChI is InChI=1S/C18H19N5OS.C7H15N3O/c1-24-14-7-12(20)10(8-19)6-13(14)23-17-16-11-4-2-3-5-15(11)25-18(16)22-9-21-17;1-10(7-11)6-2-4-9-5-3-8/h6-9,19H,2-5,20H2,1H3,(H,21,22,23);3,5,7,9H,2,4,6,8H2,1H3/b;5-3-. The Morgan fingerprint density at radius 3 is 2.81 bits per heavy atom. The fourth-order valence-electron chi connectivity index (χ4n) is 3.95. The fraction of sp³-hybridized carbons (Fsp3) is 0.360. The summed E-state index contributed by atoms with van der Waals surface area (Å²) >= 11 is 1.77. The number of aromatic nitrogens is 2. The van der Waals surface area contributed by atoms with Crippen molar-refractivity contribution < 1.29 is 9.53 Å². The van der Waals surface area contributed by atoms with Gasteiger partial charge in [0.2, 0.25) is 6.41 Å². The molecule has 1 aromatic carbocycles. The summed E-state index contributed by atoms with van der Waals surface area (Å²) in [4.78, 5) is 23.1. The maximum Gasteiger partial charge on any atom is 0.209 e. The lowest BCUT2D eigenvalue weighted by molar-refractivity contribution is -0.117. The van der Waals surface area contributed by atoms with Crippen molar-refractivity contribution in [1.29, 1.82) is 5.41 Å². The van der Waals surface area contributed by atoms with Gasteiger partial charge in [-0.2, -0.15) is 0 Å². The molecule has 192 valence electrons. The smallest absolute Gasteiger partial charge is 0.209 e. The van der Waals surface area contributed by atoms with E-state index in [4.69, 9.17) is 21.6 Å². The summed E-state index contributed by atoms with van der Waals surface area (Å²) in [5.41, 5.74) is 14.3. The van der Waals surface area contributed by atoms with Crippen LogP contribution in [-0.4, -0.2) is 54.7 Å². The molecule has 7 N–H and O–H groups in total. The number of thiophene rings is 1. The van der Waals surface area contributed by atoms with E-state index in [0.29, 0.717) is 17.0 Å². The van der Waals surface area contributed by atoms with Crippen molar-refractivity contribution in [3.8, 4) is 5.75 Å². The number of methoxy groups -OCH3 is 1. The average Bonchev–Trinajstić information content (AvgIpc) is 3.29. The summed E-state index contributed by atoms with van der Waals surface area (Å²) in [5.74, 6) is 1.40. The van der Waals surface area contributed by atoms with E-state index in [0.717, 1.165) is 60.5 Å². The molecule has 2 aromatic heterocycles. The molecule has 4 rings (SSSR count). The predicted molar refractivity (Wildman–Crippen MR) is 147 cm³/mol. The quantitative estimate of drug-likeness (QED) is 0.120. The number of fused-ring (bicyclic) bond motifs is 3. The third-order valence-electron chi connectivity index (χ3n) is 5.79. The monoisotopic (exact) mass is 510 g/mol. The largest absolute Gasteiger partial charge is 0.494 e. The second-order valence-corrected chi connectivity index (χ2v) is 9.40. The third-order valence-corrected chi connectivity index (χ3v) is 6.99. The fourth-order valence-corrected chi connectivity index (χ4v) is 5.18. The van der Waals surface area contributed by atoms with Gasteiger partial charge in [0, 0.05) is 60.9 Å². The molecule has 1 aliphatic carbocycles. The zero-order chi connectivity index (χ0) is 25.9. The molecular weight excluding hydrogens is 476 g/mol. The molecule has 0 unspecified atom stereocenters. The second-order valence-electron chi connectivity index (χ2n) is 8.32. The number of amides is 1. The van der Waals surface area contributed by atoms with Crippen LogP contribution >= 0.6 is 11.3 Å². The van der Waals surface area contributed by atoms with Crippen LogP contribution in [0.2, 0.25) is 0 Å². The normalized spacial score (nSPS) is 12.4. The Bertz CT molecular complexity index is 1210. The van der Waals surface area contributed by atoms with Crippen LogP contribution < -0.4 is 26.8 Å². The van der Waals surface area contributed by atoms with Crippen molar-refractivity contribution in [3.05, 3.63) is 46.9 Å².